The highest BCUT2D eigenvalue weighted by molar-refractivity contribution is 5.65. The van der Waals surface area contributed by atoms with E-state index in [1.807, 2.05) is 18.2 Å². The summed E-state index contributed by atoms with van der Waals surface area (Å²) in [7, 11) is 6.18. The zero-order chi connectivity index (χ0) is 22.1. The van der Waals surface area contributed by atoms with Gasteiger partial charge < -0.3 is 38.3 Å². The molecule has 31 heavy (non-hydrogen) atoms. The van der Waals surface area contributed by atoms with Crippen LogP contribution in [0.15, 0.2) is 24.3 Å². The summed E-state index contributed by atoms with van der Waals surface area (Å²) in [6.45, 7) is 0.334. The number of benzene rings is 2. The van der Waals surface area contributed by atoms with Crippen molar-refractivity contribution in [1.29, 1.82) is 0 Å². The Bertz CT molecular complexity index is 947. The van der Waals surface area contributed by atoms with E-state index < -0.39 is 17.9 Å². The van der Waals surface area contributed by atoms with Crippen LogP contribution in [-0.4, -0.2) is 53.2 Å². The first-order chi connectivity index (χ1) is 15.1. The van der Waals surface area contributed by atoms with Crippen LogP contribution in [0, 0.1) is 11.8 Å². The third-order valence-corrected chi connectivity index (χ3v) is 6.08. The lowest BCUT2D eigenvalue weighted by atomic mass is 9.65. The molecule has 1 heterocycles. The Morgan fingerprint density at radius 2 is 1.58 bits per heavy atom. The predicted molar refractivity (Wildman–Crippen MR) is 110 cm³/mol. The molecular formula is C23H26O8. The Hall–Kier alpha value is -2.97. The molecule has 0 amide bonds. The highest BCUT2D eigenvalue weighted by Gasteiger charge is 2.44. The highest BCUT2D eigenvalue weighted by atomic mass is 16.7. The molecule has 2 unspecified atom stereocenters. The third kappa shape index (κ3) is 3.45. The first-order valence-corrected chi connectivity index (χ1v) is 9.93. The van der Waals surface area contributed by atoms with Crippen LogP contribution in [0.25, 0.3) is 0 Å². The number of hydrogen-bond acceptors (Lipinski definition) is 8. The van der Waals surface area contributed by atoms with Gasteiger partial charge in [0.25, 0.3) is 0 Å². The standard InChI is InChI=1S/C23H26O8/c1-26-10-16-15(9-24)21(12-5-19(27-2)23(29-4)20(6-12)28-3)13-7-17-18(31-11-30-17)8-14(13)22(16)25/h5-9,15-16,21-22,25H,10-11H2,1-4H3/t15-,16?,21?,22-/m0/s1. The number of hydrogen-bond donors (Lipinski definition) is 1. The van der Waals surface area contributed by atoms with Crippen molar-refractivity contribution in [2.24, 2.45) is 11.8 Å². The molecule has 2 aromatic carbocycles. The van der Waals surface area contributed by atoms with Gasteiger partial charge in [0, 0.05) is 24.9 Å². The van der Waals surface area contributed by atoms with Crippen molar-refractivity contribution in [1.82, 2.24) is 0 Å². The molecule has 2 aliphatic rings. The monoisotopic (exact) mass is 430 g/mol. The fourth-order valence-electron chi connectivity index (χ4n) is 4.65. The van der Waals surface area contributed by atoms with Crippen LogP contribution in [-0.2, 0) is 9.53 Å². The van der Waals surface area contributed by atoms with Crippen molar-refractivity contribution < 1.29 is 38.3 Å². The molecule has 8 heteroatoms. The number of carbonyl (C=O) groups excluding carboxylic acids is 1. The normalized spacial score (nSPS) is 23.8. The molecule has 0 saturated heterocycles. The summed E-state index contributed by atoms with van der Waals surface area (Å²) in [6.07, 6.45) is -0.00758. The minimum absolute atomic E-state index is 0.113. The SMILES string of the molecule is COCC1[C@H](C=O)C(c2cc(OC)c(OC)c(OC)c2)c2cc3c(cc2[C@@H]1O)OCO3. The summed E-state index contributed by atoms with van der Waals surface area (Å²) in [5.74, 6) is 1.20. The van der Waals surface area contributed by atoms with Gasteiger partial charge in [0.2, 0.25) is 12.5 Å². The summed E-state index contributed by atoms with van der Waals surface area (Å²) < 4.78 is 32.9. The number of aliphatic hydroxyl groups excluding tert-OH is 1. The van der Waals surface area contributed by atoms with Crippen molar-refractivity contribution in [3.8, 4) is 28.7 Å². The first kappa shape index (κ1) is 21.3. The van der Waals surface area contributed by atoms with Crippen LogP contribution in [0.5, 0.6) is 28.7 Å². The van der Waals surface area contributed by atoms with Crippen LogP contribution >= 0.6 is 0 Å². The van der Waals surface area contributed by atoms with Gasteiger partial charge >= 0.3 is 0 Å². The number of rotatable bonds is 7. The molecule has 0 spiro atoms. The average molecular weight is 430 g/mol. The maximum absolute atomic E-state index is 12.3. The van der Waals surface area contributed by atoms with Crippen LogP contribution < -0.4 is 23.7 Å². The van der Waals surface area contributed by atoms with Crippen molar-refractivity contribution in [3.05, 3.63) is 41.0 Å². The van der Waals surface area contributed by atoms with Gasteiger partial charge in [0.15, 0.2) is 23.0 Å². The zero-order valence-electron chi connectivity index (χ0n) is 17.9. The predicted octanol–water partition coefficient (Wildman–Crippen LogP) is 2.70. The van der Waals surface area contributed by atoms with E-state index in [0.29, 0.717) is 34.3 Å². The number of methoxy groups -OCH3 is 4. The molecule has 0 aromatic heterocycles. The number of aliphatic hydroxyl groups is 1. The smallest absolute Gasteiger partial charge is 0.231 e. The molecule has 0 radical (unpaired) electrons. The van der Waals surface area contributed by atoms with Gasteiger partial charge in [0.05, 0.1) is 34.0 Å². The van der Waals surface area contributed by atoms with E-state index in [0.717, 1.165) is 17.4 Å². The summed E-state index contributed by atoms with van der Waals surface area (Å²) in [5, 5.41) is 11.1. The molecule has 2 aromatic rings. The van der Waals surface area contributed by atoms with E-state index in [4.69, 9.17) is 28.4 Å². The number of fused-ring (bicyclic) bond motifs is 2. The maximum atomic E-state index is 12.3. The van der Waals surface area contributed by atoms with Gasteiger partial charge in [-0.2, -0.15) is 0 Å². The lowest BCUT2D eigenvalue weighted by molar-refractivity contribution is -0.117. The molecular weight excluding hydrogens is 404 g/mol. The molecule has 0 bridgehead atoms. The summed E-state index contributed by atoms with van der Waals surface area (Å²) in [4.78, 5) is 12.3. The van der Waals surface area contributed by atoms with Crippen LogP contribution in [0.4, 0.5) is 0 Å². The van der Waals surface area contributed by atoms with Crippen LogP contribution in [0.3, 0.4) is 0 Å². The Kier molecular flexibility index (Phi) is 5.93. The number of ether oxygens (including phenoxy) is 6. The van der Waals surface area contributed by atoms with Crippen molar-refractivity contribution in [2.75, 3.05) is 41.8 Å². The van der Waals surface area contributed by atoms with Gasteiger partial charge in [-0.15, -0.1) is 0 Å². The van der Waals surface area contributed by atoms with E-state index in [1.54, 1.807) is 27.4 Å². The van der Waals surface area contributed by atoms with Crippen LogP contribution in [0.1, 0.15) is 28.7 Å². The molecule has 4 rings (SSSR count). The quantitative estimate of drug-likeness (QED) is 0.671. The van der Waals surface area contributed by atoms with E-state index in [2.05, 4.69) is 0 Å². The maximum Gasteiger partial charge on any atom is 0.231 e. The summed E-state index contributed by atoms with van der Waals surface area (Å²) in [6, 6.07) is 7.29. The number of aldehydes is 1. The zero-order valence-corrected chi connectivity index (χ0v) is 17.9. The molecule has 1 aliphatic carbocycles. The minimum Gasteiger partial charge on any atom is -0.493 e. The summed E-state index contributed by atoms with van der Waals surface area (Å²) in [5.41, 5.74) is 2.26. The van der Waals surface area contributed by atoms with E-state index in [1.165, 1.54) is 7.11 Å². The van der Waals surface area contributed by atoms with Crippen molar-refractivity contribution in [3.63, 3.8) is 0 Å². The molecule has 4 atom stereocenters. The third-order valence-electron chi connectivity index (χ3n) is 6.08. The van der Waals surface area contributed by atoms with Gasteiger partial charge in [-0.25, -0.2) is 0 Å². The highest BCUT2D eigenvalue weighted by Crippen LogP contribution is 2.53. The fraction of sp³-hybridized carbons (Fsp3) is 0.435. The van der Waals surface area contributed by atoms with E-state index >= 15 is 0 Å². The van der Waals surface area contributed by atoms with E-state index in [9.17, 15) is 9.90 Å². The second-order valence-corrected chi connectivity index (χ2v) is 7.55. The van der Waals surface area contributed by atoms with Crippen LogP contribution in [0.2, 0.25) is 0 Å². The van der Waals surface area contributed by atoms with Crippen molar-refractivity contribution >= 4 is 6.29 Å². The van der Waals surface area contributed by atoms with Gasteiger partial charge in [0.1, 0.15) is 6.29 Å². The van der Waals surface area contributed by atoms with E-state index in [-0.39, 0.29) is 19.3 Å². The first-order valence-electron chi connectivity index (χ1n) is 9.93. The minimum atomic E-state index is -0.891. The fourth-order valence-corrected chi connectivity index (χ4v) is 4.65. The molecule has 1 aliphatic heterocycles. The number of carbonyl (C=O) groups is 1. The Labute approximate surface area is 180 Å². The van der Waals surface area contributed by atoms with Crippen molar-refractivity contribution in [2.45, 2.75) is 12.0 Å². The second kappa shape index (κ2) is 8.64. The second-order valence-electron chi connectivity index (χ2n) is 7.55. The van der Waals surface area contributed by atoms with Gasteiger partial charge in [-0.3, -0.25) is 0 Å². The lowest BCUT2D eigenvalue weighted by Crippen LogP contribution is -2.37. The molecule has 0 fully saturated rings. The largest absolute Gasteiger partial charge is 0.493 e. The van der Waals surface area contributed by atoms with Gasteiger partial charge in [-0.05, 0) is 41.0 Å². The Balaban J connectivity index is 1.95. The van der Waals surface area contributed by atoms with Gasteiger partial charge in [-0.1, -0.05) is 0 Å². The molecule has 8 nitrogen and oxygen atoms in total. The average Bonchev–Trinajstić information content (AvgIpc) is 3.26. The topological polar surface area (TPSA) is 92.7 Å². The molecule has 1 N–H and O–H groups in total. The Morgan fingerprint density at radius 1 is 0.968 bits per heavy atom. The molecule has 0 saturated carbocycles. The molecule has 166 valence electrons. The Morgan fingerprint density at radius 3 is 2.10 bits per heavy atom. The lowest BCUT2D eigenvalue weighted by Gasteiger charge is -2.40. The summed E-state index contributed by atoms with van der Waals surface area (Å²) >= 11 is 0.